The Labute approximate surface area is 59.1 Å². The average molecular weight is 163 g/mol. The minimum atomic E-state index is -0.187. The van der Waals surface area contributed by atoms with Crippen molar-refractivity contribution >= 4 is 11.6 Å². The normalized spacial score (nSPS) is 6.75. The molecule has 0 radical (unpaired) electrons. The van der Waals surface area contributed by atoms with Crippen molar-refractivity contribution in [3.8, 4) is 0 Å². The Morgan fingerprint density at radius 1 is 1.12 bits per heavy atom. The molecule has 0 heterocycles. The van der Waals surface area contributed by atoms with Crippen molar-refractivity contribution < 1.29 is 26.7 Å². The molecule has 0 saturated carbocycles. The summed E-state index contributed by atoms with van der Waals surface area (Å²) >= 11 is 0. The Bertz CT molecular complexity index is 86.6. The Hall–Kier alpha value is -0.271. The van der Waals surface area contributed by atoms with Gasteiger partial charge in [0.15, 0.2) is 0 Å². The van der Waals surface area contributed by atoms with Crippen LogP contribution in [0.3, 0.4) is 0 Å². The molecule has 0 aromatic rings. The van der Waals surface area contributed by atoms with Crippen LogP contribution in [-0.4, -0.2) is 11.6 Å². The molecule has 0 atom stereocenters. The molecule has 50 valence electrons. The van der Waals surface area contributed by atoms with Crippen LogP contribution in [0.2, 0.25) is 0 Å². The first-order chi connectivity index (χ1) is 3.13. The van der Waals surface area contributed by atoms with Crippen molar-refractivity contribution in [3.05, 3.63) is 6.42 Å². The van der Waals surface area contributed by atoms with Gasteiger partial charge in [0.25, 0.3) is 0 Å². The van der Waals surface area contributed by atoms with Crippen LogP contribution in [0, 0.1) is 6.42 Å². The van der Waals surface area contributed by atoms with E-state index >= 15 is 0 Å². The summed E-state index contributed by atoms with van der Waals surface area (Å²) in [7, 11) is 0. The van der Waals surface area contributed by atoms with Gasteiger partial charge in [-0.3, -0.25) is 6.42 Å². The zero-order chi connectivity index (χ0) is 5.86. The third kappa shape index (κ3) is 9.21. The van der Waals surface area contributed by atoms with E-state index in [1.165, 1.54) is 13.8 Å². The number of carbonyl (C=O) groups excluding carboxylic acids is 2. The number of hydrogen-bond acceptors (Lipinski definition) is 2. The quantitative estimate of drug-likeness (QED) is 0.334. The number of rotatable bonds is 2. The maximum Gasteiger partial charge on any atom is 1.00 e. The van der Waals surface area contributed by atoms with Crippen LogP contribution in [0.25, 0.3) is 0 Å². The molecule has 3 heteroatoms. The monoisotopic (exact) mass is 162 g/mol. The van der Waals surface area contributed by atoms with E-state index in [1.54, 1.807) is 0 Å². The molecule has 0 aliphatic rings. The fourth-order valence-electron chi connectivity index (χ4n) is 0.286. The summed E-state index contributed by atoms with van der Waals surface area (Å²) in [6.07, 6.45) is 1.06. The molecule has 0 aromatic heterocycles. The Kier molecular flexibility index (Phi) is 6.50. The van der Waals surface area contributed by atoms with E-state index in [4.69, 9.17) is 0 Å². The van der Waals surface area contributed by atoms with Crippen molar-refractivity contribution in [3.63, 3.8) is 0 Å². The number of Topliss-reactive ketones (excluding diaryl/α,β-unsaturated/α-hetero) is 2. The zero-order valence-corrected chi connectivity index (χ0v) is 5.64. The molecule has 0 bridgehead atoms. The molecule has 0 spiro atoms. The van der Waals surface area contributed by atoms with E-state index in [0.29, 0.717) is 0 Å². The van der Waals surface area contributed by atoms with Crippen LogP contribution in [0.15, 0.2) is 0 Å². The van der Waals surface area contributed by atoms with Gasteiger partial charge in [0, 0.05) is 11.6 Å². The summed E-state index contributed by atoms with van der Waals surface area (Å²) in [5, 5.41) is 0. The van der Waals surface area contributed by atoms with Crippen LogP contribution < -0.4 is 0 Å². The van der Waals surface area contributed by atoms with Crippen molar-refractivity contribution in [1.29, 1.82) is 0 Å². The molecule has 0 aliphatic carbocycles. The fourth-order valence-corrected chi connectivity index (χ4v) is 0.286. The SMILES string of the molecule is CC(=O)[CH-]C(C)=O.[Cu+]. The number of ketones is 2. The minimum Gasteiger partial charge on any atom is -0.334 e. The predicted molar refractivity (Wildman–Crippen MR) is 25.7 cm³/mol. The van der Waals surface area contributed by atoms with Gasteiger partial charge in [0.05, 0.1) is 0 Å². The second kappa shape index (κ2) is 4.88. The van der Waals surface area contributed by atoms with E-state index in [9.17, 15) is 9.59 Å². The van der Waals surface area contributed by atoms with E-state index in [0.717, 1.165) is 6.42 Å². The largest absolute Gasteiger partial charge is 1.00 e. The van der Waals surface area contributed by atoms with E-state index in [-0.39, 0.29) is 28.6 Å². The molecule has 8 heavy (non-hydrogen) atoms. The van der Waals surface area contributed by atoms with Crippen LogP contribution in [0.5, 0.6) is 0 Å². The molecule has 0 N–H and O–H groups in total. The molecular formula is C5H7CuO2. The molecular weight excluding hydrogens is 156 g/mol. The van der Waals surface area contributed by atoms with Gasteiger partial charge in [-0.25, -0.2) is 0 Å². The summed E-state index contributed by atoms with van der Waals surface area (Å²) < 4.78 is 0. The summed E-state index contributed by atoms with van der Waals surface area (Å²) in [4.78, 5) is 20.0. The van der Waals surface area contributed by atoms with Crippen molar-refractivity contribution in [2.45, 2.75) is 13.8 Å². The van der Waals surface area contributed by atoms with Gasteiger partial charge in [-0.05, 0) is 13.8 Å². The predicted octanol–water partition coefficient (Wildman–Crippen LogP) is 0.366. The average Bonchev–Trinajstić information content (AvgIpc) is 1.27. The maximum atomic E-state index is 9.98. The van der Waals surface area contributed by atoms with Gasteiger partial charge >= 0.3 is 17.1 Å². The van der Waals surface area contributed by atoms with Gasteiger partial charge < -0.3 is 9.59 Å². The third-order valence-corrected chi connectivity index (χ3v) is 0.407. The number of hydrogen-bond donors (Lipinski definition) is 0. The second-order valence-electron chi connectivity index (χ2n) is 1.37. The van der Waals surface area contributed by atoms with Gasteiger partial charge in [0.2, 0.25) is 0 Å². The first kappa shape index (κ1) is 10.7. The number of carbonyl (C=O) groups is 2. The van der Waals surface area contributed by atoms with Crippen LogP contribution in [0.1, 0.15) is 13.8 Å². The Morgan fingerprint density at radius 3 is 1.38 bits per heavy atom. The fraction of sp³-hybridized carbons (Fsp3) is 0.400. The molecule has 0 unspecified atom stereocenters. The van der Waals surface area contributed by atoms with E-state index in [1.807, 2.05) is 0 Å². The van der Waals surface area contributed by atoms with Crippen LogP contribution >= 0.6 is 0 Å². The molecule has 2 nitrogen and oxygen atoms in total. The summed E-state index contributed by atoms with van der Waals surface area (Å²) in [6.45, 7) is 2.70. The Balaban J connectivity index is 0. The van der Waals surface area contributed by atoms with E-state index in [2.05, 4.69) is 0 Å². The van der Waals surface area contributed by atoms with Crippen molar-refractivity contribution in [2.75, 3.05) is 0 Å². The van der Waals surface area contributed by atoms with Gasteiger partial charge in [-0.1, -0.05) is 0 Å². The standard InChI is InChI=1S/C5H7O2.Cu/c1-4(6)3-5(2)7;/h3H,1-2H3;/q-1;+1. The molecule has 0 aliphatic heterocycles. The maximum absolute atomic E-state index is 9.98. The van der Waals surface area contributed by atoms with Gasteiger partial charge in [-0.2, -0.15) is 0 Å². The van der Waals surface area contributed by atoms with Crippen molar-refractivity contribution in [2.24, 2.45) is 0 Å². The zero-order valence-electron chi connectivity index (χ0n) is 4.70. The van der Waals surface area contributed by atoms with Crippen LogP contribution in [-0.2, 0) is 26.7 Å². The third-order valence-electron chi connectivity index (χ3n) is 0.407. The molecule has 0 amide bonds. The molecule has 0 aromatic carbocycles. The van der Waals surface area contributed by atoms with Gasteiger partial charge in [0.1, 0.15) is 0 Å². The summed E-state index contributed by atoms with van der Waals surface area (Å²) in [6, 6.07) is 0. The smallest absolute Gasteiger partial charge is 0.334 e. The van der Waals surface area contributed by atoms with Crippen LogP contribution in [0.4, 0.5) is 0 Å². The second-order valence-corrected chi connectivity index (χ2v) is 1.37. The molecule has 0 rings (SSSR count). The van der Waals surface area contributed by atoms with Gasteiger partial charge in [-0.15, -0.1) is 0 Å². The molecule has 0 fully saturated rings. The van der Waals surface area contributed by atoms with E-state index < -0.39 is 0 Å². The summed E-state index contributed by atoms with van der Waals surface area (Å²) in [5.74, 6) is -0.375. The Morgan fingerprint density at radius 2 is 1.38 bits per heavy atom. The topological polar surface area (TPSA) is 34.1 Å². The minimum absolute atomic E-state index is 0. The van der Waals surface area contributed by atoms with Crippen molar-refractivity contribution in [1.82, 2.24) is 0 Å². The molecule has 0 saturated heterocycles. The first-order valence-electron chi connectivity index (χ1n) is 1.99. The summed E-state index contributed by atoms with van der Waals surface area (Å²) in [5.41, 5.74) is 0. The first-order valence-corrected chi connectivity index (χ1v) is 1.99.